The SMILES string of the molecule is C.COCC(C(Cl)c1ccc(Cl)cc1)N(C)CCCl.COC[C@@H]1[C@H](c2ccc(Cl)cc2)N(c2ccc(Cl)cc2Cl)CCN1C.COC[C@H]1[C@H](c2ccc(Cl)cc2)N(c2ccc(Cl)cc2Cl)CCN1C.Nc1ccc(Cl)cc1Cl. The van der Waals surface area contributed by atoms with Crippen LogP contribution in [0.3, 0.4) is 0 Å². The Morgan fingerprint density at radius 1 is 0.526 bits per heavy atom. The summed E-state index contributed by atoms with van der Waals surface area (Å²) in [6.45, 7) is 6.18. The van der Waals surface area contributed by atoms with Crippen LogP contribution in [0.25, 0.3) is 0 Å². The van der Waals surface area contributed by atoms with E-state index in [1.54, 1.807) is 51.7 Å². The summed E-state index contributed by atoms with van der Waals surface area (Å²) in [5.74, 6) is 0.570. The van der Waals surface area contributed by atoms with E-state index < -0.39 is 0 Å². The first-order chi connectivity index (χ1) is 36.8. The van der Waals surface area contributed by atoms with Crippen molar-refractivity contribution >= 4 is 145 Å². The Balaban J connectivity index is 0.000000235. The molecule has 2 aliphatic rings. The normalized spacial score (nSPS) is 18.3. The number of halogens is 11. The number of benzene rings is 6. The maximum atomic E-state index is 6.53. The predicted octanol–water partition coefficient (Wildman–Crippen LogP) is 17.3. The number of nitrogens with zero attached hydrogens (tertiary/aromatic N) is 5. The Hall–Kier alpha value is -2.33. The molecule has 2 unspecified atom stereocenters. The van der Waals surface area contributed by atoms with E-state index in [0.29, 0.717) is 66.5 Å². The monoisotopic (exact) mass is 1280 g/mol. The molecular weight excluding hydrogens is 1220 g/mol. The second kappa shape index (κ2) is 34.3. The lowest BCUT2D eigenvalue weighted by Gasteiger charge is -2.47. The molecule has 0 saturated carbocycles. The molecule has 8 rings (SSSR count). The molecule has 20 heteroatoms. The van der Waals surface area contributed by atoms with Gasteiger partial charge in [0, 0.05) is 90.1 Å². The molecule has 0 amide bonds. The van der Waals surface area contributed by atoms with Crippen molar-refractivity contribution in [1.82, 2.24) is 14.7 Å². The fourth-order valence-electron chi connectivity index (χ4n) is 9.18. The highest BCUT2D eigenvalue weighted by Gasteiger charge is 2.38. The van der Waals surface area contributed by atoms with Gasteiger partial charge in [0.05, 0.1) is 87.5 Å². The van der Waals surface area contributed by atoms with Gasteiger partial charge >= 0.3 is 0 Å². The molecular formula is C58H69Cl11N6O3. The first-order valence-corrected chi connectivity index (χ1v) is 28.9. The minimum Gasteiger partial charge on any atom is -0.398 e. The number of anilines is 3. The zero-order valence-corrected chi connectivity index (χ0v) is 52.0. The van der Waals surface area contributed by atoms with Crippen LogP contribution in [0.15, 0.2) is 127 Å². The van der Waals surface area contributed by atoms with Crippen molar-refractivity contribution in [2.45, 2.75) is 43.0 Å². The molecule has 0 radical (unpaired) electrons. The van der Waals surface area contributed by atoms with E-state index in [1.807, 2.05) is 79.8 Å². The number of rotatable bonds is 15. The quantitative estimate of drug-likeness (QED) is 0.0800. The first kappa shape index (κ1) is 68.2. The molecule has 6 aromatic carbocycles. The number of methoxy groups -OCH3 is 3. The van der Waals surface area contributed by atoms with Crippen LogP contribution in [0.4, 0.5) is 17.1 Å². The summed E-state index contributed by atoms with van der Waals surface area (Å²) in [4.78, 5) is 11.5. The first-order valence-electron chi connectivity index (χ1n) is 24.5. The second-order valence-corrected chi connectivity index (χ2v) is 23.1. The standard InChI is InChI=1S/2C19H21Cl3N2O.C13H18Cl3NO.C6H5Cl2N.CH4/c2*1-23-9-10-24(17-8-7-15(21)11-16(17)22)19(18(23)12-25-2)13-3-5-14(20)6-4-13;1-17(8-7-14)12(9-18-2)13(16)10-3-5-11(15)6-4-10;7-4-1-2-6(9)5(8)3-4;/h2*3-8,11,18-19H,9-10,12H2,1-2H3;3-6,12-13H,7-9H2,1-2H3;1-3H,9H2;1H4/t18-,19+;18-,19-;;;/m10.../s1. The number of nitrogen functional groups attached to an aromatic ring is 1. The number of hydrogen-bond acceptors (Lipinski definition) is 9. The van der Waals surface area contributed by atoms with Crippen LogP contribution in [-0.2, 0) is 14.2 Å². The van der Waals surface area contributed by atoms with Gasteiger partial charge in [0.15, 0.2) is 0 Å². The largest absolute Gasteiger partial charge is 0.398 e. The van der Waals surface area contributed by atoms with Crippen LogP contribution in [-0.4, -0.2) is 134 Å². The molecule has 0 aliphatic carbocycles. The molecule has 2 N–H and O–H groups in total. The average molecular weight is 1290 g/mol. The molecule has 78 heavy (non-hydrogen) atoms. The average Bonchev–Trinajstić information content (AvgIpc) is 3.44. The molecule has 0 aromatic heterocycles. The molecule has 0 spiro atoms. The van der Waals surface area contributed by atoms with Crippen LogP contribution in [0.1, 0.15) is 41.6 Å². The van der Waals surface area contributed by atoms with Gasteiger partial charge in [-0.1, -0.05) is 148 Å². The number of piperazine rings is 2. The minimum absolute atomic E-state index is 0. The molecule has 2 heterocycles. The number of nitrogens with two attached hydrogens (primary N) is 1. The minimum atomic E-state index is -0.157. The van der Waals surface area contributed by atoms with Crippen LogP contribution in [0, 0.1) is 0 Å². The highest BCUT2D eigenvalue weighted by atomic mass is 35.5. The summed E-state index contributed by atoms with van der Waals surface area (Å²) in [6, 6.07) is 40.6. The van der Waals surface area contributed by atoms with Gasteiger partial charge in [0.25, 0.3) is 0 Å². The van der Waals surface area contributed by atoms with Crippen molar-refractivity contribution in [2.24, 2.45) is 0 Å². The summed E-state index contributed by atoms with van der Waals surface area (Å²) < 4.78 is 16.3. The van der Waals surface area contributed by atoms with Crippen LogP contribution in [0.2, 0.25) is 45.2 Å². The van der Waals surface area contributed by atoms with Crippen molar-refractivity contribution in [3.05, 3.63) is 189 Å². The van der Waals surface area contributed by atoms with E-state index in [9.17, 15) is 0 Å². The van der Waals surface area contributed by atoms with Crippen molar-refractivity contribution in [2.75, 3.05) is 116 Å². The molecule has 6 atom stereocenters. The van der Waals surface area contributed by atoms with Gasteiger partial charge in [-0.15, -0.1) is 23.2 Å². The number of ether oxygens (including phenoxy) is 3. The van der Waals surface area contributed by atoms with Crippen LogP contribution >= 0.6 is 128 Å². The van der Waals surface area contributed by atoms with Crippen LogP contribution in [0.5, 0.6) is 0 Å². The molecule has 0 bridgehead atoms. The fourth-order valence-corrected chi connectivity index (χ4v) is 11.7. The summed E-state index contributed by atoms with van der Waals surface area (Å²) in [5, 5.41) is 5.71. The Labute approximate surface area is 518 Å². The van der Waals surface area contributed by atoms with Crippen molar-refractivity contribution < 1.29 is 14.2 Å². The molecule has 426 valence electrons. The van der Waals surface area contributed by atoms with E-state index in [4.69, 9.17) is 148 Å². The van der Waals surface area contributed by atoms with E-state index in [0.717, 1.165) is 59.7 Å². The third-order valence-corrected chi connectivity index (χ3v) is 16.4. The Kier molecular flexibility index (Phi) is 30.0. The lowest BCUT2D eigenvalue weighted by atomic mass is 9.94. The maximum Gasteiger partial charge on any atom is 0.0762 e. The summed E-state index contributed by atoms with van der Waals surface area (Å²) in [5.41, 5.74) is 11.3. The maximum absolute atomic E-state index is 6.53. The van der Waals surface area contributed by atoms with E-state index >= 15 is 0 Å². The van der Waals surface area contributed by atoms with E-state index in [1.165, 1.54) is 11.1 Å². The molecule has 6 aromatic rings. The van der Waals surface area contributed by atoms with Crippen molar-refractivity contribution in [1.29, 1.82) is 0 Å². The molecule has 2 saturated heterocycles. The Morgan fingerprint density at radius 3 is 1.24 bits per heavy atom. The topological polar surface area (TPSA) is 69.9 Å². The third kappa shape index (κ3) is 19.7. The van der Waals surface area contributed by atoms with Gasteiger partial charge < -0.3 is 29.7 Å². The molecule has 2 fully saturated rings. The van der Waals surface area contributed by atoms with Crippen molar-refractivity contribution in [3.63, 3.8) is 0 Å². The number of hydrogen-bond donors (Lipinski definition) is 1. The smallest absolute Gasteiger partial charge is 0.0762 e. The highest BCUT2D eigenvalue weighted by molar-refractivity contribution is 6.37. The highest BCUT2D eigenvalue weighted by Crippen LogP contribution is 2.41. The van der Waals surface area contributed by atoms with Gasteiger partial charge in [-0.2, -0.15) is 0 Å². The zero-order chi connectivity index (χ0) is 56.3. The number of likely N-dealkylation sites (N-methyl/N-ethyl adjacent to an activating group) is 3. The van der Waals surface area contributed by atoms with Crippen molar-refractivity contribution in [3.8, 4) is 0 Å². The third-order valence-electron chi connectivity index (χ3n) is 13.3. The Bertz CT molecular complexity index is 2590. The van der Waals surface area contributed by atoms with Gasteiger partial charge in [0.2, 0.25) is 0 Å². The summed E-state index contributed by atoms with van der Waals surface area (Å²) >= 11 is 66.7. The van der Waals surface area contributed by atoms with E-state index in [2.05, 4.69) is 62.9 Å². The van der Waals surface area contributed by atoms with Gasteiger partial charge in [-0.05, 0) is 129 Å². The summed E-state index contributed by atoms with van der Waals surface area (Å²) in [6.07, 6.45) is 0. The lowest BCUT2D eigenvalue weighted by molar-refractivity contribution is 0.0745. The van der Waals surface area contributed by atoms with Crippen LogP contribution < -0.4 is 15.5 Å². The zero-order valence-electron chi connectivity index (χ0n) is 43.6. The van der Waals surface area contributed by atoms with Gasteiger partial charge in [0.1, 0.15) is 0 Å². The second-order valence-electron chi connectivity index (χ2n) is 18.4. The predicted molar refractivity (Wildman–Crippen MR) is 339 cm³/mol. The lowest BCUT2D eigenvalue weighted by Crippen LogP contribution is -2.55. The fraction of sp³-hybridized carbons (Fsp3) is 0.379. The molecule has 9 nitrogen and oxygen atoms in total. The number of alkyl halides is 2. The van der Waals surface area contributed by atoms with E-state index in [-0.39, 0.29) is 43.0 Å². The summed E-state index contributed by atoms with van der Waals surface area (Å²) in [7, 11) is 11.4. The molecule has 2 aliphatic heterocycles. The van der Waals surface area contributed by atoms with Gasteiger partial charge in [-0.25, -0.2) is 0 Å². The van der Waals surface area contributed by atoms with Gasteiger partial charge in [-0.3, -0.25) is 14.7 Å². The Morgan fingerprint density at radius 2 is 0.897 bits per heavy atom.